The molecule has 0 heterocycles. The standard InChI is InChI=1S/C17H21N3O/c1-2-12-19-17(18)20-13-14-8-6-7-11-16(14)21-15-9-4-3-5-10-15/h3-11H,2,12-13H2,1H3,(H3,18,19,20). The number of nitrogens with one attached hydrogen (secondary N) is 1. The Balaban J connectivity index is 2.06. The molecule has 0 aliphatic carbocycles. The Morgan fingerprint density at radius 1 is 1.10 bits per heavy atom. The first-order chi connectivity index (χ1) is 10.3. The third-order valence-corrected chi connectivity index (χ3v) is 2.92. The van der Waals surface area contributed by atoms with Gasteiger partial charge in [-0.05, 0) is 24.6 Å². The molecule has 110 valence electrons. The summed E-state index contributed by atoms with van der Waals surface area (Å²) in [6.45, 7) is 3.41. The molecular formula is C17H21N3O. The van der Waals surface area contributed by atoms with E-state index in [1.807, 2.05) is 54.6 Å². The number of rotatable bonds is 6. The average molecular weight is 283 g/mol. The molecule has 0 fully saturated rings. The largest absolute Gasteiger partial charge is 0.457 e. The molecule has 2 aromatic carbocycles. The molecule has 0 spiro atoms. The highest BCUT2D eigenvalue weighted by atomic mass is 16.5. The van der Waals surface area contributed by atoms with Crippen molar-refractivity contribution in [3.05, 3.63) is 60.2 Å². The summed E-state index contributed by atoms with van der Waals surface area (Å²) < 4.78 is 5.89. The molecule has 3 N–H and O–H groups in total. The Labute approximate surface area is 125 Å². The van der Waals surface area contributed by atoms with Crippen LogP contribution in [0.5, 0.6) is 11.5 Å². The van der Waals surface area contributed by atoms with Crippen LogP contribution in [-0.4, -0.2) is 12.5 Å². The van der Waals surface area contributed by atoms with Crippen LogP contribution in [0.4, 0.5) is 0 Å². The highest BCUT2D eigenvalue weighted by Gasteiger charge is 2.03. The monoisotopic (exact) mass is 283 g/mol. The molecule has 0 amide bonds. The van der Waals surface area contributed by atoms with E-state index < -0.39 is 0 Å². The van der Waals surface area contributed by atoms with Gasteiger partial charge in [-0.2, -0.15) is 0 Å². The molecule has 0 aliphatic rings. The zero-order valence-corrected chi connectivity index (χ0v) is 12.3. The number of hydrogen-bond acceptors (Lipinski definition) is 2. The fourth-order valence-corrected chi connectivity index (χ4v) is 1.83. The summed E-state index contributed by atoms with van der Waals surface area (Å²) >= 11 is 0. The topological polar surface area (TPSA) is 59.6 Å². The second-order valence-electron chi connectivity index (χ2n) is 4.65. The van der Waals surface area contributed by atoms with Crippen molar-refractivity contribution in [2.24, 2.45) is 10.7 Å². The first kappa shape index (κ1) is 14.9. The maximum absolute atomic E-state index is 5.89. The van der Waals surface area contributed by atoms with Gasteiger partial charge >= 0.3 is 0 Å². The predicted octanol–water partition coefficient (Wildman–Crippen LogP) is 3.29. The van der Waals surface area contributed by atoms with Crippen LogP contribution in [0.15, 0.2) is 59.6 Å². The summed E-state index contributed by atoms with van der Waals surface area (Å²) in [7, 11) is 0. The van der Waals surface area contributed by atoms with Crippen LogP contribution >= 0.6 is 0 Å². The summed E-state index contributed by atoms with van der Waals surface area (Å²) in [6, 6.07) is 17.6. The average Bonchev–Trinajstić information content (AvgIpc) is 2.53. The molecule has 21 heavy (non-hydrogen) atoms. The number of guanidine groups is 1. The van der Waals surface area contributed by atoms with E-state index in [1.165, 1.54) is 0 Å². The maximum Gasteiger partial charge on any atom is 0.188 e. The highest BCUT2D eigenvalue weighted by Crippen LogP contribution is 2.25. The molecule has 2 rings (SSSR count). The van der Waals surface area contributed by atoms with E-state index in [1.54, 1.807) is 0 Å². The lowest BCUT2D eigenvalue weighted by Crippen LogP contribution is -2.32. The third-order valence-electron chi connectivity index (χ3n) is 2.92. The van der Waals surface area contributed by atoms with Crippen LogP contribution in [-0.2, 0) is 6.54 Å². The zero-order chi connectivity index (χ0) is 14.9. The van der Waals surface area contributed by atoms with Gasteiger partial charge in [-0.25, -0.2) is 4.99 Å². The number of para-hydroxylation sites is 2. The third kappa shape index (κ3) is 4.84. The normalized spacial score (nSPS) is 11.2. The summed E-state index contributed by atoms with van der Waals surface area (Å²) in [5.74, 6) is 2.08. The number of hydrogen-bond donors (Lipinski definition) is 2. The second kappa shape index (κ2) is 7.94. The fraction of sp³-hybridized carbons (Fsp3) is 0.235. The van der Waals surface area contributed by atoms with Crippen molar-refractivity contribution in [3.8, 4) is 11.5 Å². The second-order valence-corrected chi connectivity index (χ2v) is 4.65. The van der Waals surface area contributed by atoms with Crippen molar-refractivity contribution < 1.29 is 4.74 Å². The molecule has 4 nitrogen and oxygen atoms in total. The van der Waals surface area contributed by atoms with Crippen molar-refractivity contribution in [1.29, 1.82) is 0 Å². The predicted molar refractivity (Wildman–Crippen MR) is 86.6 cm³/mol. The van der Waals surface area contributed by atoms with Crippen LogP contribution in [0.1, 0.15) is 18.9 Å². The first-order valence-corrected chi connectivity index (χ1v) is 7.14. The van der Waals surface area contributed by atoms with E-state index in [4.69, 9.17) is 10.5 Å². The number of benzene rings is 2. The lowest BCUT2D eigenvalue weighted by Gasteiger charge is -2.10. The van der Waals surface area contributed by atoms with Crippen molar-refractivity contribution in [2.75, 3.05) is 6.54 Å². The lowest BCUT2D eigenvalue weighted by molar-refractivity contribution is 0.476. The molecule has 4 heteroatoms. The molecule has 0 atom stereocenters. The van der Waals surface area contributed by atoms with Crippen molar-refractivity contribution in [1.82, 2.24) is 5.32 Å². The van der Waals surface area contributed by atoms with Gasteiger partial charge in [-0.1, -0.05) is 43.3 Å². The van der Waals surface area contributed by atoms with E-state index in [0.29, 0.717) is 12.5 Å². The quantitative estimate of drug-likeness (QED) is 0.631. The summed E-state index contributed by atoms with van der Waals surface area (Å²) in [5.41, 5.74) is 6.81. The van der Waals surface area contributed by atoms with Crippen molar-refractivity contribution in [3.63, 3.8) is 0 Å². The van der Waals surface area contributed by atoms with Gasteiger partial charge in [0.15, 0.2) is 5.96 Å². The molecule has 0 saturated carbocycles. The Morgan fingerprint density at radius 2 is 1.81 bits per heavy atom. The van der Waals surface area contributed by atoms with Gasteiger partial charge in [-0.15, -0.1) is 0 Å². The maximum atomic E-state index is 5.89. The van der Waals surface area contributed by atoms with Crippen LogP contribution < -0.4 is 15.8 Å². The van der Waals surface area contributed by atoms with Crippen LogP contribution in [0.2, 0.25) is 0 Å². The van der Waals surface area contributed by atoms with Gasteiger partial charge in [0.25, 0.3) is 0 Å². The SMILES string of the molecule is CCCNC(N)=NCc1ccccc1Oc1ccccc1. The van der Waals surface area contributed by atoms with Crippen molar-refractivity contribution >= 4 is 5.96 Å². The van der Waals surface area contributed by atoms with Gasteiger partial charge in [0.2, 0.25) is 0 Å². The number of nitrogens with two attached hydrogens (primary N) is 1. The smallest absolute Gasteiger partial charge is 0.188 e. The molecule has 0 aliphatic heterocycles. The Bertz CT molecular complexity index is 582. The molecule has 0 aromatic heterocycles. The highest BCUT2D eigenvalue weighted by molar-refractivity contribution is 5.77. The minimum absolute atomic E-state index is 0.464. The van der Waals surface area contributed by atoms with Gasteiger partial charge in [0.1, 0.15) is 11.5 Å². The summed E-state index contributed by atoms with van der Waals surface area (Å²) in [6.07, 6.45) is 1.02. The number of aliphatic imine (C=N–C) groups is 1. The molecule has 0 radical (unpaired) electrons. The summed E-state index contributed by atoms with van der Waals surface area (Å²) in [5, 5.41) is 3.06. The molecular weight excluding hydrogens is 262 g/mol. The summed E-state index contributed by atoms with van der Waals surface area (Å²) in [4.78, 5) is 4.34. The van der Waals surface area contributed by atoms with Crippen LogP contribution in [0.3, 0.4) is 0 Å². The van der Waals surface area contributed by atoms with Gasteiger partial charge < -0.3 is 15.8 Å². The molecule has 2 aromatic rings. The van der Waals surface area contributed by atoms with Crippen LogP contribution in [0, 0.1) is 0 Å². The minimum Gasteiger partial charge on any atom is -0.457 e. The van der Waals surface area contributed by atoms with Gasteiger partial charge in [0, 0.05) is 12.1 Å². The first-order valence-electron chi connectivity index (χ1n) is 7.14. The minimum atomic E-state index is 0.464. The van der Waals surface area contributed by atoms with Gasteiger partial charge in [0.05, 0.1) is 6.54 Å². The van der Waals surface area contributed by atoms with Crippen LogP contribution in [0.25, 0.3) is 0 Å². The zero-order valence-electron chi connectivity index (χ0n) is 12.3. The van der Waals surface area contributed by atoms with E-state index in [9.17, 15) is 0 Å². The van der Waals surface area contributed by atoms with E-state index in [0.717, 1.165) is 30.0 Å². The van der Waals surface area contributed by atoms with Gasteiger partial charge in [-0.3, -0.25) is 0 Å². The van der Waals surface area contributed by atoms with E-state index in [2.05, 4.69) is 17.2 Å². The molecule has 0 saturated heterocycles. The Morgan fingerprint density at radius 3 is 2.57 bits per heavy atom. The number of nitrogens with zero attached hydrogens (tertiary/aromatic N) is 1. The van der Waals surface area contributed by atoms with Crippen molar-refractivity contribution in [2.45, 2.75) is 19.9 Å². The van der Waals surface area contributed by atoms with E-state index in [-0.39, 0.29) is 0 Å². The van der Waals surface area contributed by atoms with E-state index >= 15 is 0 Å². The Hall–Kier alpha value is -2.49. The Kier molecular flexibility index (Phi) is 5.64. The number of ether oxygens (including phenoxy) is 1. The molecule has 0 unspecified atom stereocenters. The lowest BCUT2D eigenvalue weighted by atomic mass is 10.2. The molecule has 0 bridgehead atoms. The fourth-order valence-electron chi connectivity index (χ4n) is 1.83.